The predicted octanol–water partition coefficient (Wildman–Crippen LogP) is -0.181. The quantitative estimate of drug-likeness (QED) is 0.565. The van der Waals surface area contributed by atoms with Gasteiger partial charge in [-0.25, -0.2) is 0 Å². The van der Waals surface area contributed by atoms with Crippen LogP contribution in [0.25, 0.3) is 0 Å². The number of rotatable bonds is 5. The van der Waals surface area contributed by atoms with Crippen LogP contribution < -0.4 is 11.1 Å². The Bertz CT molecular complexity index is 168. The molecule has 3 N–H and O–H groups in total. The lowest BCUT2D eigenvalue weighted by molar-refractivity contribution is -0.138. The van der Waals surface area contributed by atoms with E-state index in [4.69, 9.17) is 5.73 Å². The third kappa shape index (κ3) is 3.48. The second-order valence-electron chi connectivity index (χ2n) is 2.62. The molecule has 0 aliphatic carbocycles. The summed E-state index contributed by atoms with van der Waals surface area (Å²) in [4.78, 5) is 22.0. The monoisotopic (exact) mass is 172 g/mol. The second-order valence-corrected chi connectivity index (χ2v) is 2.62. The van der Waals surface area contributed by atoms with Gasteiger partial charge in [-0.3, -0.25) is 9.59 Å². The first-order valence-corrected chi connectivity index (χ1v) is 4.21. The number of amides is 1. The summed E-state index contributed by atoms with van der Waals surface area (Å²) in [5.41, 5.74) is 5.45. The molecule has 0 fully saturated rings. The maximum Gasteiger partial charge on any atom is 0.289 e. The highest BCUT2D eigenvalue weighted by atomic mass is 16.2. The first-order valence-electron chi connectivity index (χ1n) is 4.21. The van der Waals surface area contributed by atoms with Crippen molar-refractivity contribution in [3.8, 4) is 0 Å². The van der Waals surface area contributed by atoms with Gasteiger partial charge in [0.25, 0.3) is 5.91 Å². The molecule has 0 heterocycles. The van der Waals surface area contributed by atoms with Crippen molar-refractivity contribution in [3.05, 3.63) is 0 Å². The van der Waals surface area contributed by atoms with Gasteiger partial charge in [-0.05, 0) is 13.3 Å². The van der Waals surface area contributed by atoms with Crippen molar-refractivity contribution in [1.82, 2.24) is 5.32 Å². The van der Waals surface area contributed by atoms with Crippen molar-refractivity contribution in [2.75, 3.05) is 6.54 Å². The molecule has 0 aromatic carbocycles. The van der Waals surface area contributed by atoms with Crippen LogP contribution in [0.3, 0.4) is 0 Å². The Morgan fingerprint density at radius 2 is 2.00 bits per heavy atom. The van der Waals surface area contributed by atoms with Crippen molar-refractivity contribution in [2.45, 2.75) is 32.7 Å². The van der Waals surface area contributed by atoms with Crippen LogP contribution in [0, 0.1) is 0 Å². The number of nitrogens with two attached hydrogens (primary N) is 1. The van der Waals surface area contributed by atoms with Crippen LogP contribution in [0.4, 0.5) is 0 Å². The molecule has 0 bridgehead atoms. The molecule has 4 nitrogen and oxygen atoms in total. The van der Waals surface area contributed by atoms with Crippen molar-refractivity contribution in [2.24, 2.45) is 5.73 Å². The van der Waals surface area contributed by atoms with Gasteiger partial charge in [0.05, 0.1) is 6.04 Å². The topological polar surface area (TPSA) is 72.2 Å². The number of hydrogen-bond acceptors (Lipinski definition) is 3. The Labute approximate surface area is 72.5 Å². The fourth-order valence-electron chi connectivity index (χ4n) is 0.858. The van der Waals surface area contributed by atoms with Crippen molar-refractivity contribution >= 4 is 11.7 Å². The molecule has 0 aromatic heterocycles. The summed E-state index contributed by atoms with van der Waals surface area (Å²) in [5.74, 6) is -1.09. The van der Waals surface area contributed by atoms with E-state index in [0.29, 0.717) is 13.0 Å². The van der Waals surface area contributed by atoms with E-state index in [2.05, 4.69) is 5.32 Å². The molecule has 1 atom stereocenters. The van der Waals surface area contributed by atoms with Crippen LogP contribution in [0.5, 0.6) is 0 Å². The second kappa shape index (κ2) is 5.71. The number of carbonyl (C=O) groups excluding carboxylic acids is 2. The van der Waals surface area contributed by atoms with Crippen LogP contribution in [-0.4, -0.2) is 24.3 Å². The average molecular weight is 172 g/mol. The number of likely N-dealkylation sites (N-methyl/N-ethyl adjacent to an activating group) is 1. The van der Waals surface area contributed by atoms with Crippen LogP contribution in [0.2, 0.25) is 0 Å². The molecule has 0 radical (unpaired) electrons. The highest BCUT2D eigenvalue weighted by Gasteiger charge is 2.19. The van der Waals surface area contributed by atoms with Gasteiger partial charge in [-0.2, -0.15) is 0 Å². The van der Waals surface area contributed by atoms with Crippen molar-refractivity contribution < 1.29 is 9.59 Å². The molecule has 0 saturated carbocycles. The SMILES string of the molecule is CCC[C@H](N)C(=O)C(=O)NCC. The lowest BCUT2D eigenvalue weighted by Crippen LogP contribution is -2.42. The van der Waals surface area contributed by atoms with Crippen LogP contribution >= 0.6 is 0 Å². The standard InChI is InChI=1S/C8H16N2O2/c1-3-5-6(9)7(11)8(12)10-4-2/h6H,3-5,9H2,1-2H3,(H,10,12)/t6-/m0/s1. The van der Waals surface area contributed by atoms with Crippen LogP contribution in [-0.2, 0) is 9.59 Å². The Hall–Kier alpha value is -0.900. The maximum absolute atomic E-state index is 11.1. The number of hydrogen-bond donors (Lipinski definition) is 2. The minimum absolute atomic E-state index is 0.462. The first-order chi connectivity index (χ1) is 5.63. The first kappa shape index (κ1) is 11.1. The van der Waals surface area contributed by atoms with E-state index < -0.39 is 17.7 Å². The van der Waals surface area contributed by atoms with Crippen molar-refractivity contribution in [1.29, 1.82) is 0 Å². The van der Waals surface area contributed by atoms with E-state index in [1.807, 2.05) is 6.92 Å². The van der Waals surface area contributed by atoms with Crippen LogP contribution in [0.15, 0.2) is 0 Å². The van der Waals surface area contributed by atoms with Gasteiger partial charge in [0.2, 0.25) is 5.78 Å². The summed E-state index contributed by atoms with van der Waals surface area (Å²) in [7, 11) is 0. The third-order valence-corrected chi connectivity index (χ3v) is 1.50. The predicted molar refractivity (Wildman–Crippen MR) is 46.6 cm³/mol. The van der Waals surface area contributed by atoms with Crippen molar-refractivity contribution in [3.63, 3.8) is 0 Å². The van der Waals surface area contributed by atoms with Gasteiger partial charge in [0.15, 0.2) is 0 Å². The zero-order valence-electron chi connectivity index (χ0n) is 7.59. The van der Waals surface area contributed by atoms with Gasteiger partial charge in [0, 0.05) is 6.54 Å². The average Bonchev–Trinajstić information content (AvgIpc) is 2.04. The van der Waals surface area contributed by atoms with E-state index >= 15 is 0 Å². The molecule has 0 aliphatic rings. The summed E-state index contributed by atoms with van der Waals surface area (Å²) in [6.45, 7) is 4.14. The summed E-state index contributed by atoms with van der Waals surface area (Å²) in [6, 6.07) is -0.637. The molecule has 0 aliphatic heterocycles. The minimum atomic E-state index is -0.637. The van der Waals surface area contributed by atoms with Gasteiger partial charge < -0.3 is 11.1 Å². The summed E-state index contributed by atoms with van der Waals surface area (Å²) >= 11 is 0. The maximum atomic E-state index is 11.1. The van der Waals surface area contributed by atoms with E-state index in [1.54, 1.807) is 6.92 Å². The molecule has 70 valence electrons. The lowest BCUT2D eigenvalue weighted by Gasteiger charge is -2.07. The zero-order chi connectivity index (χ0) is 9.56. The number of carbonyl (C=O) groups is 2. The fourth-order valence-corrected chi connectivity index (χ4v) is 0.858. The van der Waals surface area contributed by atoms with E-state index in [9.17, 15) is 9.59 Å². The summed E-state index contributed by atoms with van der Waals surface area (Å²) in [5, 5.41) is 2.42. The van der Waals surface area contributed by atoms with Gasteiger partial charge in [-0.15, -0.1) is 0 Å². The van der Waals surface area contributed by atoms with E-state index in [-0.39, 0.29) is 0 Å². The largest absolute Gasteiger partial charge is 0.350 e. The molecular weight excluding hydrogens is 156 g/mol. The molecule has 4 heteroatoms. The summed E-state index contributed by atoms with van der Waals surface area (Å²) in [6.07, 6.45) is 1.38. The molecule has 1 amide bonds. The van der Waals surface area contributed by atoms with Crippen LogP contribution in [0.1, 0.15) is 26.7 Å². The molecule has 12 heavy (non-hydrogen) atoms. The molecule has 0 saturated heterocycles. The minimum Gasteiger partial charge on any atom is -0.350 e. The Balaban J connectivity index is 3.91. The third-order valence-electron chi connectivity index (χ3n) is 1.50. The molecule has 0 rings (SSSR count). The molecule has 0 spiro atoms. The number of ketones is 1. The Morgan fingerprint density at radius 3 is 2.42 bits per heavy atom. The Morgan fingerprint density at radius 1 is 1.42 bits per heavy atom. The van der Waals surface area contributed by atoms with Gasteiger partial charge in [-0.1, -0.05) is 13.3 Å². The van der Waals surface area contributed by atoms with E-state index in [0.717, 1.165) is 6.42 Å². The highest BCUT2D eigenvalue weighted by Crippen LogP contribution is 1.94. The normalized spacial score (nSPS) is 12.2. The van der Waals surface area contributed by atoms with E-state index in [1.165, 1.54) is 0 Å². The molecule has 0 aromatic rings. The summed E-state index contributed by atoms with van der Waals surface area (Å²) < 4.78 is 0. The highest BCUT2D eigenvalue weighted by molar-refractivity contribution is 6.38. The van der Waals surface area contributed by atoms with Gasteiger partial charge in [0.1, 0.15) is 0 Å². The smallest absolute Gasteiger partial charge is 0.289 e. The lowest BCUT2D eigenvalue weighted by atomic mass is 10.1. The molecule has 0 unspecified atom stereocenters. The Kier molecular flexibility index (Phi) is 5.28. The number of nitrogens with one attached hydrogen (secondary N) is 1. The number of Topliss-reactive ketones (excluding diaryl/α,β-unsaturated/α-hetero) is 1. The fraction of sp³-hybridized carbons (Fsp3) is 0.750. The zero-order valence-corrected chi connectivity index (χ0v) is 7.59. The van der Waals surface area contributed by atoms with Gasteiger partial charge >= 0.3 is 0 Å². The molecular formula is C8H16N2O2.